The Morgan fingerprint density at radius 3 is 2.70 bits per heavy atom. The molecule has 0 aromatic rings. The molecule has 1 unspecified atom stereocenters. The van der Waals surface area contributed by atoms with Gasteiger partial charge in [-0.05, 0) is 6.42 Å². The first-order valence-corrected chi connectivity index (χ1v) is 4.12. The van der Waals surface area contributed by atoms with Gasteiger partial charge in [0, 0.05) is 19.0 Å². The van der Waals surface area contributed by atoms with Crippen LogP contribution in [0.25, 0.3) is 0 Å². The number of hydrogen-bond donors (Lipinski definition) is 1. The standard InChI is InChI=1S/C7H11Cl2N/c1-2-3-10-5-6-4-7(6,8)9/h2,6,10H,1,3-5H2. The Morgan fingerprint density at radius 1 is 1.70 bits per heavy atom. The molecule has 0 heterocycles. The lowest BCUT2D eigenvalue weighted by Crippen LogP contribution is -2.18. The number of hydrogen-bond acceptors (Lipinski definition) is 1. The molecule has 0 spiro atoms. The van der Waals surface area contributed by atoms with E-state index in [1.54, 1.807) is 0 Å². The summed E-state index contributed by atoms with van der Waals surface area (Å²) in [6, 6.07) is 0. The molecule has 0 radical (unpaired) electrons. The molecule has 1 aliphatic rings. The SMILES string of the molecule is C=CCNCC1CC1(Cl)Cl. The van der Waals surface area contributed by atoms with E-state index in [-0.39, 0.29) is 0 Å². The van der Waals surface area contributed by atoms with E-state index in [0.29, 0.717) is 5.92 Å². The molecular weight excluding hydrogens is 169 g/mol. The Morgan fingerprint density at radius 2 is 2.30 bits per heavy atom. The Bertz CT molecular complexity index is 134. The minimum atomic E-state index is -0.436. The van der Waals surface area contributed by atoms with Crippen LogP contribution in [0.2, 0.25) is 0 Å². The van der Waals surface area contributed by atoms with Gasteiger partial charge in [-0.1, -0.05) is 6.08 Å². The van der Waals surface area contributed by atoms with Crippen molar-refractivity contribution in [3.05, 3.63) is 12.7 Å². The first kappa shape index (κ1) is 8.38. The van der Waals surface area contributed by atoms with Crippen molar-refractivity contribution in [2.24, 2.45) is 5.92 Å². The van der Waals surface area contributed by atoms with Gasteiger partial charge in [-0.25, -0.2) is 0 Å². The Labute approximate surface area is 71.4 Å². The highest BCUT2D eigenvalue weighted by molar-refractivity contribution is 6.50. The summed E-state index contributed by atoms with van der Waals surface area (Å²) >= 11 is 11.6. The molecule has 1 fully saturated rings. The van der Waals surface area contributed by atoms with E-state index in [0.717, 1.165) is 19.5 Å². The second kappa shape index (κ2) is 3.12. The van der Waals surface area contributed by atoms with Crippen molar-refractivity contribution in [2.75, 3.05) is 13.1 Å². The van der Waals surface area contributed by atoms with Crippen molar-refractivity contribution in [3.8, 4) is 0 Å². The smallest absolute Gasteiger partial charge is 0.122 e. The molecule has 1 aliphatic carbocycles. The molecule has 1 N–H and O–H groups in total. The van der Waals surface area contributed by atoms with Crippen molar-refractivity contribution in [1.82, 2.24) is 5.32 Å². The van der Waals surface area contributed by atoms with E-state index >= 15 is 0 Å². The molecule has 0 aromatic heterocycles. The molecule has 58 valence electrons. The maximum absolute atomic E-state index is 5.79. The molecule has 0 aromatic carbocycles. The highest BCUT2D eigenvalue weighted by Gasteiger charge is 2.50. The summed E-state index contributed by atoms with van der Waals surface area (Å²) in [6.45, 7) is 5.32. The Kier molecular flexibility index (Phi) is 2.61. The zero-order chi connectivity index (χ0) is 7.61. The first-order valence-electron chi connectivity index (χ1n) is 3.36. The highest BCUT2D eigenvalue weighted by atomic mass is 35.5. The molecule has 1 rings (SSSR count). The van der Waals surface area contributed by atoms with Gasteiger partial charge in [-0.15, -0.1) is 29.8 Å². The zero-order valence-corrected chi connectivity index (χ0v) is 7.25. The third-order valence-electron chi connectivity index (χ3n) is 1.64. The van der Waals surface area contributed by atoms with Crippen molar-refractivity contribution < 1.29 is 0 Å². The van der Waals surface area contributed by atoms with Crippen molar-refractivity contribution in [3.63, 3.8) is 0 Å². The number of halogens is 2. The summed E-state index contributed by atoms with van der Waals surface area (Å²) in [4.78, 5) is 0. The molecule has 0 saturated heterocycles. The summed E-state index contributed by atoms with van der Waals surface area (Å²) in [5.41, 5.74) is 0. The van der Waals surface area contributed by atoms with Gasteiger partial charge in [0.25, 0.3) is 0 Å². The van der Waals surface area contributed by atoms with Gasteiger partial charge in [0.2, 0.25) is 0 Å². The van der Waals surface area contributed by atoms with Crippen LogP contribution < -0.4 is 5.32 Å². The summed E-state index contributed by atoms with van der Waals surface area (Å²) in [5, 5.41) is 3.17. The minimum absolute atomic E-state index is 0.436. The van der Waals surface area contributed by atoms with Gasteiger partial charge in [0.05, 0.1) is 0 Å². The Balaban J connectivity index is 2.02. The average molecular weight is 180 g/mol. The number of alkyl halides is 2. The molecule has 0 aliphatic heterocycles. The van der Waals surface area contributed by atoms with Crippen LogP contribution in [0.4, 0.5) is 0 Å². The predicted octanol–water partition coefficient (Wildman–Crippen LogP) is 1.96. The third-order valence-corrected chi connectivity index (χ3v) is 2.56. The maximum Gasteiger partial charge on any atom is 0.122 e. The molecule has 1 nitrogen and oxygen atoms in total. The van der Waals surface area contributed by atoms with E-state index in [4.69, 9.17) is 23.2 Å². The lowest BCUT2D eigenvalue weighted by molar-refractivity contribution is 0.678. The minimum Gasteiger partial charge on any atom is -0.313 e. The third kappa shape index (κ3) is 2.15. The van der Waals surface area contributed by atoms with Crippen LogP contribution in [0, 0.1) is 5.92 Å². The Hall–Kier alpha value is 0.280. The lowest BCUT2D eigenvalue weighted by atomic mass is 10.4. The van der Waals surface area contributed by atoms with Crippen LogP contribution in [-0.2, 0) is 0 Å². The van der Waals surface area contributed by atoms with Gasteiger partial charge in [-0.2, -0.15) is 0 Å². The van der Waals surface area contributed by atoms with Crippen LogP contribution in [0.5, 0.6) is 0 Å². The van der Waals surface area contributed by atoms with Crippen LogP contribution in [0.1, 0.15) is 6.42 Å². The van der Waals surface area contributed by atoms with Crippen molar-refractivity contribution >= 4 is 23.2 Å². The van der Waals surface area contributed by atoms with Gasteiger partial charge in [0.1, 0.15) is 4.33 Å². The molecule has 0 bridgehead atoms. The quantitative estimate of drug-likeness (QED) is 0.396. The predicted molar refractivity (Wildman–Crippen MR) is 45.6 cm³/mol. The fourth-order valence-electron chi connectivity index (χ4n) is 0.851. The summed E-state index contributed by atoms with van der Waals surface area (Å²) in [5.74, 6) is 0.441. The molecule has 1 saturated carbocycles. The van der Waals surface area contributed by atoms with Gasteiger partial charge in [-0.3, -0.25) is 0 Å². The van der Waals surface area contributed by atoms with Gasteiger partial charge >= 0.3 is 0 Å². The second-order valence-electron chi connectivity index (χ2n) is 2.61. The summed E-state index contributed by atoms with van der Waals surface area (Å²) in [6.07, 6.45) is 2.74. The highest BCUT2D eigenvalue weighted by Crippen LogP contribution is 2.52. The molecular formula is C7H11Cl2N. The number of rotatable bonds is 4. The van der Waals surface area contributed by atoms with E-state index in [2.05, 4.69) is 11.9 Å². The number of nitrogens with one attached hydrogen (secondary N) is 1. The van der Waals surface area contributed by atoms with E-state index < -0.39 is 4.33 Å². The van der Waals surface area contributed by atoms with Crippen LogP contribution in [-0.4, -0.2) is 17.4 Å². The summed E-state index contributed by atoms with van der Waals surface area (Å²) in [7, 11) is 0. The molecule has 0 amide bonds. The fraction of sp³-hybridized carbons (Fsp3) is 0.714. The van der Waals surface area contributed by atoms with Gasteiger partial charge < -0.3 is 5.32 Å². The molecule has 10 heavy (non-hydrogen) atoms. The van der Waals surface area contributed by atoms with Gasteiger partial charge in [0.15, 0.2) is 0 Å². The van der Waals surface area contributed by atoms with E-state index in [9.17, 15) is 0 Å². The fourth-order valence-corrected chi connectivity index (χ4v) is 1.38. The molecule has 1 atom stereocenters. The van der Waals surface area contributed by atoms with Crippen molar-refractivity contribution in [2.45, 2.75) is 10.8 Å². The van der Waals surface area contributed by atoms with Crippen LogP contribution >= 0.6 is 23.2 Å². The van der Waals surface area contributed by atoms with E-state index in [1.165, 1.54) is 0 Å². The normalized spacial score (nSPS) is 28.0. The second-order valence-corrected chi connectivity index (χ2v) is 4.15. The largest absolute Gasteiger partial charge is 0.313 e. The monoisotopic (exact) mass is 179 g/mol. The zero-order valence-electron chi connectivity index (χ0n) is 5.74. The van der Waals surface area contributed by atoms with Crippen LogP contribution in [0.15, 0.2) is 12.7 Å². The average Bonchev–Trinajstić information content (AvgIpc) is 2.41. The summed E-state index contributed by atoms with van der Waals surface area (Å²) < 4.78 is -0.436. The first-order chi connectivity index (χ1) is 4.67. The topological polar surface area (TPSA) is 12.0 Å². The van der Waals surface area contributed by atoms with Crippen LogP contribution in [0.3, 0.4) is 0 Å². The lowest BCUT2D eigenvalue weighted by Gasteiger charge is -1.99. The molecule has 3 heteroatoms. The van der Waals surface area contributed by atoms with Crippen molar-refractivity contribution in [1.29, 1.82) is 0 Å². The maximum atomic E-state index is 5.79. The van der Waals surface area contributed by atoms with E-state index in [1.807, 2.05) is 6.08 Å².